The molecule has 0 aliphatic carbocycles. The number of carbonyl (C=O) groups is 1. The summed E-state index contributed by atoms with van der Waals surface area (Å²) in [6.07, 6.45) is 1.71. The summed E-state index contributed by atoms with van der Waals surface area (Å²) in [5, 5.41) is 1.95. The van der Waals surface area contributed by atoms with Gasteiger partial charge in [-0.15, -0.1) is 17.9 Å². The van der Waals surface area contributed by atoms with Gasteiger partial charge in [-0.1, -0.05) is 28.1 Å². The summed E-state index contributed by atoms with van der Waals surface area (Å²) in [6.45, 7) is 5.22. The van der Waals surface area contributed by atoms with Gasteiger partial charge in [0.25, 0.3) is 5.91 Å². The normalized spacial score (nSPS) is 13.2. The lowest BCUT2D eigenvalue weighted by molar-refractivity contribution is 0.101. The first-order chi connectivity index (χ1) is 14.2. The van der Waals surface area contributed by atoms with E-state index in [9.17, 15) is 4.79 Å². The molecule has 1 aromatic heterocycles. The Bertz CT molecular complexity index is 1140. The number of ether oxygens (including phenoxy) is 2. The zero-order valence-electron chi connectivity index (χ0n) is 15.4. The van der Waals surface area contributed by atoms with Crippen LogP contribution in [0.1, 0.15) is 10.4 Å². The molecule has 0 saturated carbocycles. The number of hydrogen-bond acceptors (Lipinski definition) is 5. The van der Waals surface area contributed by atoms with E-state index in [1.54, 1.807) is 22.9 Å². The molecule has 1 amide bonds. The van der Waals surface area contributed by atoms with Gasteiger partial charge in [-0.2, -0.15) is 0 Å². The van der Waals surface area contributed by atoms with Gasteiger partial charge in [0.2, 0.25) is 4.80 Å². The molecule has 148 valence electrons. The summed E-state index contributed by atoms with van der Waals surface area (Å²) in [6, 6.07) is 13.0. The molecule has 8 heteroatoms. The van der Waals surface area contributed by atoms with Gasteiger partial charge in [-0.05, 0) is 36.4 Å². The third kappa shape index (κ3) is 4.28. The molecule has 0 atom stereocenters. The molecule has 1 aliphatic rings. The minimum Gasteiger partial charge on any atom is -0.486 e. The third-order valence-corrected chi connectivity index (χ3v) is 5.56. The second-order valence-electron chi connectivity index (χ2n) is 6.18. The van der Waals surface area contributed by atoms with Crippen molar-refractivity contribution >= 4 is 33.2 Å². The molecular weight excluding hydrogens is 454 g/mol. The van der Waals surface area contributed by atoms with Crippen LogP contribution in [-0.4, -0.2) is 30.3 Å². The molecule has 0 saturated heterocycles. The van der Waals surface area contributed by atoms with Crippen molar-refractivity contribution in [3.8, 4) is 22.8 Å². The van der Waals surface area contributed by atoms with Crippen molar-refractivity contribution in [2.24, 2.45) is 4.99 Å². The first-order valence-electron chi connectivity index (χ1n) is 8.94. The number of benzene rings is 2. The van der Waals surface area contributed by atoms with Gasteiger partial charge in [0, 0.05) is 21.0 Å². The number of nitrogens with one attached hydrogen (secondary N) is 1. The average molecular weight is 472 g/mol. The minimum atomic E-state index is -0.233. The Labute approximate surface area is 180 Å². The first kappa shape index (κ1) is 19.5. The molecule has 1 aliphatic heterocycles. The molecular formula is C21H18BrN3O3S. The number of halogens is 1. The second kappa shape index (κ2) is 8.67. The van der Waals surface area contributed by atoms with E-state index in [0.717, 1.165) is 21.5 Å². The molecule has 0 unspecified atom stereocenters. The fourth-order valence-corrected chi connectivity index (χ4v) is 4.13. The van der Waals surface area contributed by atoms with Gasteiger partial charge >= 0.3 is 0 Å². The van der Waals surface area contributed by atoms with Gasteiger partial charge in [0.05, 0.1) is 12.2 Å². The zero-order chi connectivity index (χ0) is 20.2. The lowest BCUT2D eigenvalue weighted by Gasteiger charge is -2.19. The van der Waals surface area contributed by atoms with Gasteiger partial charge in [-0.25, -0.2) is 4.68 Å². The highest BCUT2D eigenvalue weighted by molar-refractivity contribution is 9.10. The third-order valence-electron chi connectivity index (χ3n) is 4.20. The summed E-state index contributed by atoms with van der Waals surface area (Å²) in [4.78, 5) is 18.0. The van der Waals surface area contributed by atoms with Crippen LogP contribution in [0.4, 0.5) is 0 Å². The van der Waals surface area contributed by atoms with Crippen LogP contribution in [0, 0.1) is 0 Å². The smallest absolute Gasteiger partial charge is 0.270 e. The van der Waals surface area contributed by atoms with E-state index in [2.05, 4.69) is 32.9 Å². The molecule has 1 N–H and O–H groups in total. The van der Waals surface area contributed by atoms with E-state index >= 15 is 0 Å². The largest absolute Gasteiger partial charge is 0.486 e. The van der Waals surface area contributed by atoms with Crippen LogP contribution in [0.3, 0.4) is 0 Å². The van der Waals surface area contributed by atoms with E-state index in [-0.39, 0.29) is 5.91 Å². The number of carbonyl (C=O) groups excluding carboxylic acids is 1. The second-order valence-corrected chi connectivity index (χ2v) is 7.93. The topological polar surface area (TPSA) is 64.8 Å². The van der Waals surface area contributed by atoms with E-state index in [0.29, 0.717) is 35.9 Å². The molecule has 29 heavy (non-hydrogen) atoms. The van der Waals surface area contributed by atoms with Crippen LogP contribution in [0.15, 0.2) is 70.0 Å². The SMILES string of the molecule is C=CCN=c1scc(-c2ccc3c(c2)OCCO3)n1NC(=O)c1cccc(Br)c1. The highest BCUT2D eigenvalue weighted by atomic mass is 79.9. The van der Waals surface area contributed by atoms with Gasteiger partial charge in [0.1, 0.15) is 13.2 Å². The van der Waals surface area contributed by atoms with Crippen molar-refractivity contribution in [1.29, 1.82) is 0 Å². The monoisotopic (exact) mass is 471 g/mol. The molecule has 0 spiro atoms. The number of amides is 1. The lowest BCUT2D eigenvalue weighted by Crippen LogP contribution is -2.31. The predicted octanol–water partition coefficient (Wildman–Crippen LogP) is 4.22. The molecule has 0 radical (unpaired) electrons. The van der Waals surface area contributed by atoms with Crippen LogP contribution >= 0.6 is 27.3 Å². The molecule has 2 heterocycles. The van der Waals surface area contributed by atoms with Crippen LogP contribution in [0.5, 0.6) is 11.5 Å². The van der Waals surface area contributed by atoms with Crippen molar-refractivity contribution in [3.05, 3.63) is 75.3 Å². The number of thiazole rings is 1. The quantitative estimate of drug-likeness (QED) is 0.566. The maximum Gasteiger partial charge on any atom is 0.270 e. The van der Waals surface area contributed by atoms with Crippen molar-refractivity contribution in [2.75, 3.05) is 25.2 Å². The summed E-state index contributed by atoms with van der Waals surface area (Å²) in [5.74, 6) is 1.18. The Morgan fingerprint density at radius 3 is 2.86 bits per heavy atom. The summed E-state index contributed by atoms with van der Waals surface area (Å²) >= 11 is 4.84. The minimum absolute atomic E-state index is 0.233. The molecule has 4 rings (SSSR count). The number of fused-ring (bicyclic) bond motifs is 1. The Morgan fingerprint density at radius 1 is 1.24 bits per heavy atom. The lowest BCUT2D eigenvalue weighted by atomic mass is 10.1. The van der Waals surface area contributed by atoms with Crippen molar-refractivity contribution in [2.45, 2.75) is 0 Å². The Kier molecular flexibility index (Phi) is 5.82. The van der Waals surface area contributed by atoms with Crippen LogP contribution in [-0.2, 0) is 0 Å². The molecule has 0 bridgehead atoms. The van der Waals surface area contributed by atoms with Gasteiger partial charge in [0.15, 0.2) is 11.5 Å². The highest BCUT2D eigenvalue weighted by Crippen LogP contribution is 2.34. The summed E-state index contributed by atoms with van der Waals surface area (Å²) < 4.78 is 13.8. The highest BCUT2D eigenvalue weighted by Gasteiger charge is 2.17. The van der Waals surface area contributed by atoms with Crippen LogP contribution in [0.2, 0.25) is 0 Å². The van der Waals surface area contributed by atoms with Crippen molar-refractivity contribution in [3.63, 3.8) is 0 Å². The molecule has 2 aromatic carbocycles. The molecule has 0 fully saturated rings. The average Bonchev–Trinajstić information content (AvgIpc) is 3.14. The maximum absolute atomic E-state index is 12.9. The zero-order valence-corrected chi connectivity index (χ0v) is 17.8. The Balaban J connectivity index is 1.74. The fraction of sp³-hybridized carbons (Fsp3) is 0.143. The Morgan fingerprint density at radius 2 is 2.07 bits per heavy atom. The number of hydrogen-bond donors (Lipinski definition) is 1. The molecule has 3 aromatic rings. The molecule has 6 nitrogen and oxygen atoms in total. The number of aromatic nitrogens is 1. The van der Waals surface area contributed by atoms with E-state index in [4.69, 9.17) is 9.47 Å². The summed E-state index contributed by atoms with van der Waals surface area (Å²) in [7, 11) is 0. The number of nitrogens with zero attached hydrogens (tertiary/aromatic N) is 2. The standard InChI is InChI=1S/C21H18BrN3O3S/c1-2-8-23-21-25(24-20(26)15-4-3-5-16(22)11-15)17(13-29-21)14-6-7-18-19(12-14)28-10-9-27-18/h2-7,11-13H,1,8-10H2,(H,24,26). The summed E-state index contributed by atoms with van der Waals surface area (Å²) in [5.41, 5.74) is 5.19. The van der Waals surface area contributed by atoms with E-state index in [1.165, 1.54) is 11.3 Å². The van der Waals surface area contributed by atoms with E-state index < -0.39 is 0 Å². The van der Waals surface area contributed by atoms with E-state index in [1.807, 2.05) is 35.7 Å². The number of rotatable bonds is 5. The maximum atomic E-state index is 12.9. The van der Waals surface area contributed by atoms with Crippen LogP contribution in [0.25, 0.3) is 11.3 Å². The van der Waals surface area contributed by atoms with Crippen molar-refractivity contribution < 1.29 is 14.3 Å². The van der Waals surface area contributed by atoms with Crippen LogP contribution < -0.4 is 19.7 Å². The predicted molar refractivity (Wildman–Crippen MR) is 117 cm³/mol. The first-order valence-corrected chi connectivity index (χ1v) is 10.6. The van der Waals surface area contributed by atoms with Gasteiger partial charge < -0.3 is 9.47 Å². The van der Waals surface area contributed by atoms with Gasteiger partial charge in [-0.3, -0.25) is 15.2 Å². The fourth-order valence-electron chi connectivity index (χ4n) is 2.87. The van der Waals surface area contributed by atoms with Crippen molar-refractivity contribution in [1.82, 2.24) is 4.68 Å². The Hall–Kier alpha value is -2.84.